The quantitative estimate of drug-likeness (QED) is 0.866. The van der Waals surface area contributed by atoms with Crippen molar-refractivity contribution in [2.45, 2.75) is 18.9 Å². The van der Waals surface area contributed by atoms with Crippen LogP contribution in [-0.4, -0.2) is 24.4 Å². The number of halogens is 3. The Hall–Kier alpha value is -1.50. The summed E-state index contributed by atoms with van der Waals surface area (Å²) in [4.78, 5) is 22.8. The van der Waals surface area contributed by atoms with E-state index in [2.05, 4.69) is 26.6 Å². The maximum absolute atomic E-state index is 13.6. The van der Waals surface area contributed by atoms with Gasteiger partial charge in [-0.25, -0.2) is 8.78 Å². The van der Waals surface area contributed by atoms with Crippen molar-refractivity contribution in [2.75, 3.05) is 6.54 Å². The molecule has 0 bridgehead atoms. The highest BCUT2D eigenvalue weighted by atomic mass is 79.9. The summed E-state index contributed by atoms with van der Waals surface area (Å²) in [6.45, 7) is 0.268. The molecule has 0 aliphatic carbocycles. The van der Waals surface area contributed by atoms with E-state index >= 15 is 0 Å². The fourth-order valence-corrected chi connectivity index (χ4v) is 2.27. The number of nitrogens with one attached hydrogen (secondary N) is 2. The molecule has 1 unspecified atom stereocenters. The predicted octanol–water partition coefficient (Wildman–Crippen LogP) is 1.74. The molecular formula is C12H11BrF2N2O2. The molecule has 0 spiro atoms. The van der Waals surface area contributed by atoms with Crippen molar-refractivity contribution in [1.82, 2.24) is 10.6 Å². The topological polar surface area (TPSA) is 58.2 Å². The molecule has 0 aromatic heterocycles. The first-order valence-electron chi connectivity index (χ1n) is 5.69. The van der Waals surface area contributed by atoms with Gasteiger partial charge in [0.1, 0.15) is 17.2 Å². The Balaban J connectivity index is 2.10. The first kappa shape index (κ1) is 13.9. The average Bonchev–Trinajstić information content (AvgIpc) is 2.30. The van der Waals surface area contributed by atoms with Crippen LogP contribution in [0, 0.1) is 11.6 Å². The summed E-state index contributed by atoms with van der Waals surface area (Å²) in [6, 6.07) is 1.74. The van der Waals surface area contributed by atoms with Crippen LogP contribution in [0.2, 0.25) is 0 Å². The molecule has 4 nitrogen and oxygen atoms in total. The Morgan fingerprint density at radius 1 is 1.37 bits per heavy atom. The van der Waals surface area contributed by atoms with Crippen LogP contribution in [0.15, 0.2) is 16.6 Å². The fraction of sp³-hybridized carbons (Fsp3) is 0.333. The summed E-state index contributed by atoms with van der Waals surface area (Å²) < 4.78 is 27.4. The first-order chi connectivity index (χ1) is 8.97. The average molecular weight is 333 g/mol. The van der Waals surface area contributed by atoms with Gasteiger partial charge in [0.25, 0.3) is 5.91 Å². The van der Waals surface area contributed by atoms with Crippen molar-refractivity contribution in [3.63, 3.8) is 0 Å². The number of benzene rings is 1. The lowest BCUT2D eigenvalue weighted by Gasteiger charge is -2.23. The summed E-state index contributed by atoms with van der Waals surface area (Å²) >= 11 is 2.94. The van der Waals surface area contributed by atoms with E-state index in [0.29, 0.717) is 6.42 Å². The van der Waals surface area contributed by atoms with E-state index in [0.717, 1.165) is 12.1 Å². The molecule has 1 fully saturated rings. The van der Waals surface area contributed by atoms with Crippen LogP contribution in [0.3, 0.4) is 0 Å². The van der Waals surface area contributed by atoms with Gasteiger partial charge in [0.2, 0.25) is 5.91 Å². The van der Waals surface area contributed by atoms with Crippen LogP contribution in [-0.2, 0) is 4.79 Å². The van der Waals surface area contributed by atoms with Gasteiger partial charge in [-0.15, -0.1) is 0 Å². The highest BCUT2D eigenvalue weighted by molar-refractivity contribution is 9.10. The van der Waals surface area contributed by atoms with Gasteiger partial charge in [-0.2, -0.15) is 0 Å². The van der Waals surface area contributed by atoms with Gasteiger partial charge in [0, 0.05) is 23.5 Å². The molecular weight excluding hydrogens is 322 g/mol. The van der Waals surface area contributed by atoms with E-state index < -0.39 is 23.1 Å². The second kappa shape index (κ2) is 5.64. The number of hydrogen-bond acceptors (Lipinski definition) is 2. The Kier molecular flexibility index (Phi) is 4.14. The molecule has 19 heavy (non-hydrogen) atoms. The van der Waals surface area contributed by atoms with Crippen LogP contribution in [0.25, 0.3) is 0 Å². The smallest absolute Gasteiger partial charge is 0.257 e. The van der Waals surface area contributed by atoms with Crippen molar-refractivity contribution < 1.29 is 18.4 Å². The first-order valence-corrected chi connectivity index (χ1v) is 6.49. The van der Waals surface area contributed by atoms with Crippen molar-refractivity contribution in [3.05, 3.63) is 33.8 Å². The lowest BCUT2D eigenvalue weighted by Crippen LogP contribution is -2.48. The standard InChI is InChI=1S/C12H11BrF2N2O2/c13-6-3-8(14)11(9(15)4-6)12(19)17-7-1-2-10(18)16-5-7/h3-4,7H,1-2,5H2,(H,16,18)(H,17,19). The van der Waals surface area contributed by atoms with E-state index in [-0.39, 0.29) is 29.4 Å². The largest absolute Gasteiger partial charge is 0.354 e. The van der Waals surface area contributed by atoms with Crippen molar-refractivity contribution in [1.29, 1.82) is 0 Å². The summed E-state index contributed by atoms with van der Waals surface area (Å²) in [7, 11) is 0. The third-order valence-electron chi connectivity index (χ3n) is 2.83. The summed E-state index contributed by atoms with van der Waals surface area (Å²) in [5, 5.41) is 5.09. The van der Waals surface area contributed by atoms with Crippen LogP contribution in [0.1, 0.15) is 23.2 Å². The van der Waals surface area contributed by atoms with Gasteiger partial charge < -0.3 is 10.6 Å². The van der Waals surface area contributed by atoms with E-state index in [1.807, 2.05) is 0 Å². The molecule has 0 saturated carbocycles. The molecule has 1 aliphatic heterocycles. The minimum absolute atomic E-state index is 0.0912. The lowest BCUT2D eigenvalue weighted by molar-refractivity contribution is -0.122. The Morgan fingerprint density at radius 3 is 2.53 bits per heavy atom. The van der Waals surface area contributed by atoms with Crippen LogP contribution in [0.5, 0.6) is 0 Å². The molecule has 1 atom stereocenters. The third kappa shape index (κ3) is 3.28. The molecule has 1 aromatic rings. The molecule has 2 amide bonds. The zero-order valence-corrected chi connectivity index (χ0v) is 11.4. The zero-order valence-electron chi connectivity index (χ0n) is 9.80. The van der Waals surface area contributed by atoms with Gasteiger partial charge >= 0.3 is 0 Å². The Morgan fingerprint density at radius 2 is 2.00 bits per heavy atom. The van der Waals surface area contributed by atoms with E-state index in [1.165, 1.54) is 0 Å². The molecule has 0 radical (unpaired) electrons. The SMILES string of the molecule is O=C1CCC(NC(=O)c2c(F)cc(Br)cc2F)CN1. The van der Waals surface area contributed by atoms with Crippen molar-refractivity contribution in [2.24, 2.45) is 0 Å². The number of hydrogen-bond donors (Lipinski definition) is 2. The normalized spacial score (nSPS) is 18.9. The molecule has 1 heterocycles. The molecule has 2 rings (SSSR count). The van der Waals surface area contributed by atoms with Crippen LogP contribution < -0.4 is 10.6 Å². The van der Waals surface area contributed by atoms with Gasteiger partial charge in [0.05, 0.1) is 0 Å². The minimum atomic E-state index is -0.927. The second-order valence-corrected chi connectivity index (χ2v) is 5.17. The molecule has 102 valence electrons. The van der Waals surface area contributed by atoms with E-state index in [1.54, 1.807) is 0 Å². The van der Waals surface area contributed by atoms with Gasteiger partial charge in [-0.1, -0.05) is 15.9 Å². The molecule has 7 heteroatoms. The highest BCUT2D eigenvalue weighted by Crippen LogP contribution is 2.19. The second-order valence-electron chi connectivity index (χ2n) is 4.26. The summed E-state index contributed by atoms with van der Waals surface area (Å²) in [6.07, 6.45) is 0.744. The molecule has 2 N–H and O–H groups in total. The lowest BCUT2D eigenvalue weighted by atomic mass is 10.1. The van der Waals surface area contributed by atoms with Gasteiger partial charge in [0.15, 0.2) is 0 Å². The summed E-state index contributed by atoms with van der Waals surface area (Å²) in [5.41, 5.74) is -0.611. The van der Waals surface area contributed by atoms with Crippen molar-refractivity contribution in [3.8, 4) is 0 Å². The number of amides is 2. The van der Waals surface area contributed by atoms with Crippen LogP contribution in [0.4, 0.5) is 8.78 Å². The van der Waals surface area contributed by atoms with E-state index in [9.17, 15) is 18.4 Å². The highest BCUT2D eigenvalue weighted by Gasteiger charge is 2.24. The van der Waals surface area contributed by atoms with E-state index in [4.69, 9.17) is 0 Å². The van der Waals surface area contributed by atoms with Crippen LogP contribution >= 0.6 is 15.9 Å². The van der Waals surface area contributed by atoms with Gasteiger partial charge in [-0.05, 0) is 18.6 Å². The number of rotatable bonds is 2. The van der Waals surface area contributed by atoms with Gasteiger partial charge in [-0.3, -0.25) is 9.59 Å². The monoisotopic (exact) mass is 332 g/mol. The Labute approximate surface area is 116 Å². The fourth-order valence-electron chi connectivity index (χ4n) is 1.87. The third-order valence-corrected chi connectivity index (χ3v) is 3.29. The van der Waals surface area contributed by atoms with Crippen molar-refractivity contribution >= 4 is 27.7 Å². The molecule has 1 aromatic carbocycles. The number of carbonyl (C=O) groups excluding carboxylic acids is 2. The minimum Gasteiger partial charge on any atom is -0.354 e. The maximum atomic E-state index is 13.6. The summed E-state index contributed by atoms with van der Waals surface area (Å²) in [5.74, 6) is -2.76. The predicted molar refractivity (Wildman–Crippen MR) is 67.6 cm³/mol. The zero-order chi connectivity index (χ0) is 14.0. The Bertz CT molecular complexity index is 503. The number of carbonyl (C=O) groups is 2. The molecule has 1 aliphatic rings. The molecule has 1 saturated heterocycles. The number of piperidine rings is 1. The maximum Gasteiger partial charge on any atom is 0.257 e.